The lowest BCUT2D eigenvalue weighted by Crippen LogP contribution is -2.30. The zero-order valence-corrected chi connectivity index (χ0v) is 12.9. The molecule has 0 unspecified atom stereocenters. The summed E-state index contributed by atoms with van der Waals surface area (Å²) in [6.45, 7) is 2.60. The molecule has 20 heavy (non-hydrogen) atoms. The van der Waals surface area contributed by atoms with Gasteiger partial charge in [-0.1, -0.05) is 40.2 Å². The van der Waals surface area contributed by atoms with E-state index < -0.39 is 0 Å². The van der Waals surface area contributed by atoms with Crippen LogP contribution in [0.15, 0.2) is 53.0 Å². The van der Waals surface area contributed by atoms with Crippen molar-refractivity contribution < 1.29 is 4.79 Å². The summed E-state index contributed by atoms with van der Waals surface area (Å²) < 4.78 is 1.05. The van der Waals surface area contributed by atoms with E-state index in [2.05, 4.69) is 32.6 Å². The van der Waals surface area contributed by atoms with Crippen molar-refractivity contribution in [2.75, 3.05) is 11.9 Å². The molecule has 2 N–H and O–H groups in total. The first-order valence-corrected chi connectivity index (χ1v) is 7.29. The molecule has 2 rings (SSSR count). The van der Waals surface area contributed by atoms with Crippen molar-refractivity contribution in [2.24, 2.45) is 0 Å². The largest absolute Gasteiger partial charge is 0.338 e. The summed E-state index contributed by atoms with van der Waals surface area (Å²) in [6, 6.07) is 15.6. The van der Waals surface area contributed by atoms with Gasteiger partial charge in [0.15, 0.2) is 0 Å². The summed E-state index contributed by atoms with van der Waals surface area (Å²) in [7, 11) is 0. The first kappa shape index (κ1) is 14.6. The molecule has 2 amide bonds. The van der Waals surface area contributed by atoms with Crippen molar-refractivity contribution in [1.29, 1.82) is 0 Å². The highest BCUT2D eigenvalue weighted by atomic mass is 79.9. The van der Waals surface area contributed by atoms with E-state index in [4.69, 9.17) is 0 Å². The van der Waals surface area contributed by atoms with E-state index in [1.54, 1.807) is 0 Å². The van der Waals surface area contributed by atoms with E-state index in [1.165, 1.54) is 5.56 Å². The van der Waals surface area contributed by atoms with Gasteiger partial charge in [-0.05, 0) is 48.7 Å². The second kappa shape index (κ2) is 7.10. The smallest absolute Gasteiger partial charge is 0.319 e. The number of carbonyl (C=O) groups excluding carboxylic acids is 1. The maximum Gasteiger partial charge on any atom is 0.319 e. The second-order valence-electron chi connectivity index (χ2n) is 4.63. The highest BCUT2D eigenvalue weighted by Gasteiger charge is 2.01. The van der Waals surface area contributed by atoms with Crippen LogP contribution >= 0.6 is 15.9 Å². The average Bonchev–Trinajstić information content (AvgIpc) is 2.38. The summed E-state index contributed by atoms with van der Waals surface area (Å²) in [5.41, 5.74) is 3.12. The SMILES string of the molecule is Cc1cccc(NC(=O)NCCc2cccc(Br)c2)c1. The molecule has 2 aromatic rings. The lowest BCUT2D eigenvalue weighted by Gasteiger charge is -2.08. The number of rotatable bonds is 4. The summed E-state index contributed by atoms with van der Waals surface area (Å²) in [6.07, 6.45) is 0.806. The zero-order valence-electron chi connectivity index (χ0n) is 11.3. The fourth-order valence-electron chi connectivity index (χ4n) is 1.91. The third kappa shape index (κ3) is 4.70. The van der Waals surface area contributed by atoms with Crippen LogP contribution in [-0.4, -0.2) is 12.6 Å². The Kier molecular flexibility index (Phi) is 5.18. The number of hydrogen-bond acceptors (Lipinski definition) is 1. The van der Waals surface area contributed by atoms with Crippen LogP contribution in [0.2, 0.25) is 0 Å². The molecule has 0 heterocycles. The van der Waals surface area contributed by atoms with Crippen molar-refractivity contribution in [3.8, 4) is 0 Å². The number of carbonyl (C=O) groups is 1. The Morgan fingerprint density at radius 3 is 2.70 bits per heavy atom. The minimum Gasteiger partial charge on any atom is -0.338 e. The lowest BCUT2D eigenvalue weighted by molar-refractivity contribution is 0.252. The van der Waals surface area contributed by atoms with Crippen LogP contribution in [0.5, 0.6) is 0 Å². The number of anilines is 1. The van der Waals surface area contributed by atoms with Gasteiger partial charge in [0.05, 0.1) is 0 Å². The monoisotopic (exact) mass is 332 g/mol. The second-order valence-corrected chi connectivity index (χ2v) is 5.55. The fourth-order valence-corrected chi connectivity index (χ4v) is 2.36. The minimum atomic E-state index is -0.175. The van der Waals surface area contributed by atoms with E-state index in [1.807, 2.05) is 49.4 Å². The molecule has 104 valence electrons. The van der Waals surface area contributed by atoms with Crippen molar-refractivity contribution in [3.63, 3.8) is 0 Å². The molecule has 0 saturated heterocycles. The molecule has 0 atom stereocenters. The van der Waals surface area contributed by atoms with Crippen molar-refractivity contribution in [1.82, 2.24) is 5.32 Å². The van der Waals surface area contributed by atoms with Gasteiger partial charge in [0.1, 0.15) is 0 Å². The van der Waals surface area contributed by atoms with Gasteiger partial charge in [0.2, 0.25) is 0 Å². The van der Waals surface area contributed by atoms with Gasteiger partial charge >= 0.3 is 6.03 Å². The summed E-state index contributed by atoms with van der Waals surface area (Å²) in [4.78, 5) is 11.7. The molecule has 4 heteroatoms. The Morgan fingerprint density at radius 2 is 1.95 bits per heavy atom. The Hall–Kier alpha value is -1.81. The molecule has 2 aromatic carbocycles. The number of nitrogens with one attached hydrogen (secondary N) is 2. The normalized spacial score (nSPS) is 10.1. The molecule has 0 aromatic heterocycles. The highest BCUT2D eigenvalue weighted by Crippen LogP contribution is 2.12. The van der Waals surface area contributed by atoms with Crippen molar-refractivity contribution in [2.45, 2.75) is 13.3 Å². The maximum atomic E-state index is 11.7. The third-order valence-electron chi connectivity index (χ3n) is 2.86. The molecular weight excluding hydrogens is 316 g/mol. The number of benzene rings is 2. The third-order valence-corrected chi connectivity index (χ3v) is 3.36. The first-order valence-electron chi connectivity index (χ1n) is 6.49. The maximum absolute atomic E-state index is 11.7. The highest BCUT2D eigenvalue weighted by molar-refractivity contribution is 9.10. The zero-order chi connectivity index (χ0) is 14.4. The Bertz CT molecular complexity index is 599. The predicted octanol–water partition coefficient (Wildman–Crippen LogP) is 4.12. The van der Waals surface area contributed by atoms with Crippen LogP contribution in [0.4, 0.5) is 10.5 Å². The van der Waals surface area contributed by atoms with E-state index >= 15 is 0 Å². The van der Waals surface area contributed by atoms with Crippen molar-refractivity contribution >= 4 is 27.6 Å². The van der Waals surface area contributed by atoms with Gasteiger partial charge in [0, 0.05) is 16.7 Å². The van der Waals surface area contributed by atoms with Crippen LogP contribution < -0.4 is 10.6 Å². The quantitative estimate of drug-likeness (QED) is 0.868. The van der Waals surface area contributed by atoms with Crippen LogP contribution in [-0.2, 0) is 6.42 Å². The van der Waals surface area contributed by atoms with Gasteiger partial charge in [-0.15, -0.1) is 0 Å². The summed E-state index contributed by atoms with van der Waals surface area (Å²) in [5, 5.41) is 5.67. The van der Waals surface area contributed by atoms with Gasteiger partial charge < -0.3 is 10.6 Å². The lowest BCUT2D eigenvalue weighted by atomic mass is 10.1. The molecule has 3 nitrogen and oxygen atoms in total. The standard InChI is InChI=1S/C16H17BrN2O/c1-12-4-2-7-15(10-12)19-16(20)18-9-8-13-5-3-6-14(17)11-13/h2-7,10-11H,8-9H2,1H3,(H2,18,19,20). The van der Waals surface area contributed by atoms with Crippen LogP contribution in [0.25, 0.3) is 0 Å². The van der Waals surface area contributed by atoms with E-state index in [0.29, 0.717) is 6.54 Å². The molecule has 0 fully saturated rings. The number of amides is 2. The number of aryl methyl sites for hydroxylation is 1. The van der Waals surface area contributed by atoms with Crippen LogP contribution in [0, 0.1) is 6.92 Å². The number of hydrogen-bond donors (Lipinski definition) is 2. The van der Waals surface area contributed by atoms with Gasteiger partial charge in [-0.3, -0.25) is 0 Å². The Labute approximate surface area is 127 Å². The number of urea groups is 1. The Morgan fingerprint density at radius 1 is 1.15 bits per heavy atom. The molecule has 0 saturated carbocycles. The molecule has 0 aliphatic carbocycles. The van der Waals surface area contributed by atoms with Gasteiger partial charge in [-0.2, -0.15) is 0 Å². The molecule has 0 radical (unpaired) electrons. The van der Waals surface area contributed by atoms with E-state index in [0.717, 1.165) is 22.1 Å². The minimum absolute atomic E-state index is 0.175. The summed E-state index contributed by atoms with van der Waals surface area (Å²) >= 11 is 3.43. The number of halogens is 1. The van der Waals surface area contributed by atoms with Crippen LogP contribution in [0.3, 0.4) is 0 Å². The fraction of sp³-hybridized carbons (Fsp3) is 0.188. The molecule has 0 aliphatic rings. The predicted molar refractivity (Wildman–Crippen MR) is 86.0 cm³/mol. The topological polar surface area (TPSA) is 41.1 Å². The molecule has 0 bridgehead atoms. The van der Waals surface area contributed by atoms with Crippen molar-refractivity contribution in [3.05, 3.63) is 64.1 Å². The Balaban J connectivity index is 1.78. The molecular formula is C16H17BrN2O. The summed E-state index contributed by atoms with van der Waals surface area (Å²) in [5.74, 6) is 0. The van der Waals surface area contributed by atoms with E-state index in [-0.39, 0.29) is 6.03 Å². The first-order chi connectivity index (χ1) is 9.63. The van der Waals surface area contributed by atoms with E-state index in [9.17, 15) is 4.79 Å². The molecule has 0 aliphatic heterocycles. The van der Waals surface area contributed by atoms with Gasteiger partial charge in [-0.25, -0.2) is 4.79 Å². The average molecular weight is 333 g/mol. The van der Waals surface area contributed by atoms with Crippen LogP contribution in [0.1, 0.15) is 11.1 Å². The van der Waals surface area contributed by atoms with Gasteiger partial charge in [0.25, 0.3) is 0 Å². The molecule has 0 spiro atoms.